The largest absolute Gasteiger partial charge is 0.481 e. The SMILES string of the molecule is CCOC(=O)COc1c(C)cc(C#N)cc1C. The number of esters is 1. The summed E-state index contributed by atoms with van der Waals surface area (Å²) in [6.07, 6.45) is 0. The molecule has 17 heavy (non-hydrogen) atoms. The van der Waals surface area contributed by atoms with Crippen LogP contribution in [0.2, 0.25) is 0 Å². The second-order valence-electron chi connectivity index (χ2n) is 3.64. The van der Waals surface area contributed by atoms with Gasteiger partial charge in [-0.15, -0.1) is 0 Å². The number of hydrogen-bond donors (Lipinski definition) is 0. The number of hydrogen-bond acceptors (Lipinski definition) is 4. The minimum atomic E-state index is -0.393. The van der Waals surface area contributed by atoms with E-state index in [1.54, 1.807) is 19.1 Å². The lowest BCUT2D eigenvalue weighted by Gasteiger charge is -2.11. The summed E-state index contributed by atoms with van der Waals surface area (Å²) in [5, 5.41) is 8.80. The zero-order valence-electron chi connectivity index (χ0n) is 10.2. The third-order valence-corrected chi connectivity index (χ3v) is 2.23. The van der Waals surface area contributed by atoms with Crippen molar-refractivity contribution < 1.29 is 14.3 Å². The lowest BCUT2D eigenvalue weighted by atomic mass is 10.1. The topological polar surface area (TPSA) is 59.3 Å². The molecule has 0 aliphatic heterocycles. The van der Waals surface area contributed by atoms with Crippen molar-refractivity contribution in [3.8, 4) is 11.8 Å². The number of carbonyl (C=O) groups is 1. The van der Waals surface area contributed by atoms with Crippen LogP contribution in [0.1, 0.15) is 23.6 Å². The molecule has 0 bridgehead atoms. The fraction of sp³-hybridized carbons (Fsp3) is 0.385. The summed E-state index contributed by atoms with van der Waals surface area (Å²) in [5.41, 5.74) is 2.26. The molecule has 0 aliphatic rings. The first-order chi connectivity index (χ1) is 8.08. The van der Waals surface area contributed by atoms with Crippen LogP contribution in [0.3, 0.4) is 0 Å². The van der Waals surface area contributed by atoms with Crippen molar-refractivity contribution in [3.05, 3.63) is 28.8 Å². The van der Waals surface area contributed by atoms with E-state index < -0.39 is 5.97 Å². The number of nitriles is 1. The smallest absolute Gasteiger partial charge is 0.344 e. The average molecular weight is 233 g/mol. The van der Waals surface area contributed by atoms with Crippen LogP contribution in [0.25, 0.3) is 0 Å². The predicted molar refractivity (Wildman–Crippen MR) is 62.8 cm³/mol. The average Bonchev–Trinajstić information content (AvgIpc) is 2.28. The highest BCUT2D eigenvalue weighted by molar-refractivity contribution is 5.71. The molecule has 0 saturated carbocycles. The third kappa shape index (κ3) is 3.49. The standard InChI is InChI=1S/C13H15NO3/c1-4-16-12(15)8-17-13-9(2)5-11(7-14)6-10(13)3/h5-6H,4,8H2,1-3H3. The molecule has 0 unspecified atom stereocenters. The molecule has 1 rings (SSSR count). The highest BCUT2D eigenvalue weighted by Crippen LogP contribution is 2.24. The van der Waals surface area contributed by atoms with Gasteiger partial charge in [0.2, 0.25) is 0 Å². The Labute approximate surface area is 101 Å². The molecule has 0 heterocycles. The minimum absolute atomic E-state index is 0.110. The zero-order chi connectivity index (χ0) is 12.8. The van der Waals surface area contributed by atoms with Gasteiger partial charge in [-0.2, -0.15) is 5.26 Å². The van der Waals surface area contributed by atoms with E-state index in [1.807, 2.05) is 13.8 Å². The van der Waals surface area contributed by atoms with E-state index in [0.29, 0.717) is 17.9 Å². The monoisotopic (exact) mass is 233 g/mol. The van der Waals surface area contributed by atoms with Gasteiger partial charge in [0.05, 0.1) is 18.2 Å². The third-order valence-electron chi connectivity index (χ3n) is 2.23. The van der Waals surface area contributed by atoms with Crippen molar-refractivity contribution in [3.63, 3.8) is 0 Å². The van der Waals surface area contributed by atoms with E-state index in [4.69, 9.17) is 14.7 Å². The number of benzene rings is 1. The molecular weight excluding hydrogens is 218 g/mol. The first-order valence-corrected chi connectivity index (χ1v) is 5.38. The first kappa shape index (κ1) is 13.0. The molecule has 1 aromatic carbocycles. The van der Waals surface area contributed by atoms with Gasteiger partial charge in [-0.1, -0.05) is 0 Å². The second kappa shape index (κ2) is 5.90. The number of nitrogens with zero attached hydrogens (tertiary/aromatic N) is 1. The maximum atomic E-state index is 11.2. The van der Waals surface area contributed by atoms with Crippen LogP contribution in [0.4, 0.5) is 0 Å². The van der Waals surface area contributed by atoms with Gasteiger partial charge in [-0.05, 0) is 44.0 Å². The number of ether oxygens (including phenoxy) is 2. The molecule has 0 fully saturated rings. The van der Waals surface area contributed by atoms with Crippen molar-refractivity contribution in [2.24, 2.45) is 0 Å². The van der Waals surface area contributed by atoms with E-state index in [-0.39, 0.29) is 6.61 Å². The van der Waals surface area contributed by atoms with E-state index in [2.05, 4.69) is 6.07 Å². The van der Waals surface area contributed by atoms with Gasteiger partial charge in [0.1, 0.15) is 5.75 Å². The highest BCUT2D eigenvalue weighted by Gasteiger charge is 2.09. The van der Waals surface area contributed by atoms with E-state index in [0.717, 1.165) is 11.1 Å². The second-order valence-corrected chi connectivity index (χ2v) is 3.64. The van der Waals surface area contributed by atoms with Crippen LogP contribution >= 0.6 is 0 Å². The zero-order valence-corrected chi connectivity index (χ0v) is 10.2. The van der Waals surface area contributed by atoms with Crippen LogP contribution < -0.4 is 4.74 Å². The molecule has 0 atom stereocenters. The van der Waals surface area contributed by atoms with Crippen molar-refractivity contribution in [1.82, 2.24) is 0 Å². The number of aryl methyl sites for hydroxylation is 2. The normalized spacial score (nSPS) is 9.53. The van der Waals surface area contributed by atoms with Crippen LogP contribution in [-0.2, 0) is 9.53 Å². The Balaban J connectivity index is 2.79. The molecule has 0 spiro atoms. The molecule has 0 aliphatic carbocycles. The molecular formula is C13H15NO3. The maximum Gasteiger partial charge on any atom is 0.344 e. The van der Waals surface area contributed by atoms with Gasteiger partial charge >= 0.3 is 5.97 Å². The quantitative estimate of drug-likeness (QED) is 0.747. The van der Waals surface area contributed by atoms with Gasteiger partial charge in [0, 0.05) is 0 Å². The Hall–Kier alpha value is -2.02. The van der Waals surface area contributed by atoms with Crippen molar-refractivity contribution >= 4 is 5.97 Å². The van der Waals surface area contributed by atoms with Crippen LogP contribution in [0.5, 0.6) is 5.75 Å². The fourth-order valence-electron chi connectivity index (χ4n) is 1.58. The van der Waals surface area contributed by atoms with Crippen LogP contribution in [0, 0.1) is 25.2 Å². The van der Waals surface area contributed by atoms with Gasteiger partial charge in [0.25, 0.3) is 0 Å². The van der Waals surface area contributed by atoms with Gasteiger partial charge in [0.15, 0.2) is 6.61 Å². The first-order valence-electron chi connectivity index (χ1n) is 5.38. The van der Waals surface area contributed by atoms with E-state index in [9.17, 15) is 4.79 Å². The van der Waals surface area contributed by atoms with Crippen LogP contribution in [0.15, 0.2) is 12.1 Å². The summed E-state index contributed by atoms with van der Waals surface area (Å²) in [6, 6.07) is 5.53. The number of carbonyl (C=O) groups excluding carboxylic acids is 1. The van der Waals surface area contributed by atoms with Crippen molar-refractivity contribution in [2.45, 2.75) is 20.8 Å². The Morgan fingerprint density at radius 1 is 1.35 bits per heavy atom. The molecule has 4 heteroatoms. The molecule has 0 N–H and O–H groups in total. The summed E-state index contributed by atoms with van der Waals surface area (Å²) in [7, 11) is 0. The fourth-order valence-corrected chi connectivity index (χ4v) is 1.58. The number of rotatable bonds is 4. The lowest BCUT2D eigenvalue weighted by Crippen LogP contribution is -2.15. The van der Waals surface area contributed by atoms with E-state index in [1.165, 1.54) is 0 Å². The Morgan fingerprint density at radius 2 is 1.94 bits per heavy atom. The van der Waals surface area contributed by atoms with Gasteiger partial charge in [-0.25, -0.2) is 4.79 Å². The Kier molecular flexibility index (Phi) is 4.53. The molecule has 1 aromatic rings. The molecule has 90 valence electrons. The van der Waals surface area contributed by atoms with E-state index >= 15 is 0 Å². The van der Waals surface area contributed by atoms with Crippen LogP contribution in [-0.4, -0.2) is 19.2 Å². The molecule has 4 nitrogen and oxygen atoms in total. The molecule has 0 amide bonds. The van der Waals surface area contributed by atoms with Crippen molar-refractivity contribution in [2.75, 3.05) is 13.2 Å². The van der Waals surface area contributed by atoms with Gasteiger partial charge < -0.3 is 9.47 Å². The highest BCUT2D eigenvalue weighted by atomic mass is 16.6. The summed E-state index contributed by atoms with van der Waals surface area (Å²) < 4.78 is 10.2. The minimum Gasteiger partial charge on any atom is -0.481 e. The van der Waals surface area contributed by atoms with Gasteiger partial charge in [-0.3, -0.25) is 0 Å². The Morgan fingerprint density at radius 3 is 2.41 bits per heavy atom. The maximum absolute atomic E-state index is 11.2. The lowest BCUT2D eigenvalue weighted by molar-refractivity contribution is -0.145. The Bertz CT molecular complexity index is 437. The molecule has 0 radical (unpaired) electrons. The molecule has 0 aromatic heterocycles. The molecule has 0 saturated heterocycles. The predicted octanol–water partition coefficient (Wildman–Crippen LogP) is 2.12. The summed E-state index contributed by atoms with van der Waals surface area (Å²) in [4.78, 5) is 11.2. The summed E-state index contributed by atoms with van der Waals surface area (Å²) in [5.74, 6) is 0.243. The summed E-state index contributed by atoms with van der Waals surface area (Å²) >= 11 is 0. The summed E-state index contributed by atoms with van der Waals surface area (Å²) in [6.45, 7) is 5.66. The van der Waals surface area contributed by atoms with Crippen molar-refractivity contribution in [1.29, 1.82) is 5.26 Å².